The van der Waals surface area contributed by atoms with Crippen LogP contribution in [0.5, 0.6) is 0 Å². The molecule has 6 heteroatoms. The highest BCUT2D eigenvalue weighted by Gasteiger charge is 2.19. The molecule has 2 heterocycles. The van der Waals surface area contributed by atoms with Crippen LogP contribution in [0.2, 0.25) is 5.02 Å². The van der Waals surface area contributed by atoms with E-state index in [4.69, 9.17) is 16.6 Å². The molecule has 3 aromatic rings. The summed E-state index contributed by atoms with van der Waals surface area (Å²) in [7, 11) is 0. The zero-order valence-electron chi connectivity index (χ0n) is 16.7. The first-order chi connectivity index (χ1) is 14.2. The number of piperidine rings is 1. The molecule has 1 atom stereocenters. The fourth-order valence-electron chi connectivity index (χ4n) is 3.69. The second-order valence-corrected chi connectivity index (χ2v) is 7.95. The molecule has 1 aliphatic heterocycles. The van der Waals surface area contributed by atoms with E-state index in [1.807, 2.05) is 54.6 Å². The molecular formula is C23H26ClN5. The average Bonchev–Trinajstić information content (AvgIpc) is 2.77. The largest absolute Gasteiger partial charge is 0.352 e. The van der Waals surface area contributed by atoms with Crippen LogP contribution in [-0.4, -0.2) is 39.3 Å². The number of aromatic nitrogens is 3. The van der Waals surface area contributed by atoms with Crippen molar-refractivity contribution in [3.63, 3.8) is 0 Å². The Balaban J connectivity index is 1.62. The van der Waals surface area contributed by atoms with Crippen LogP contribution in [0.4, 0.5) is 5.82 Å². The molecule has 1 unspecified atom stereocenters. The number of halogens is 1. The van der Waals surface area contributed by atoms with Gasteiger partial charge in [-0.05, 0) is 37.5 Å². The number of rotatable bonds is 6. The predicted molar refractivity (Wildman–Crippen MR) is 118 cm³/mol. The third-order valence-corrected chi connectivity index (χ3v) is 5.61. The van der Waals surface area contributed by atoms with Crippen molar-refractivity contribution in [2.45, 2.75) is 38.8 Å². The minimum absolute atomic E-state index is 0.193. The van der Waals surface area contributed by atoms with E-state index in [-0.39, 0.29) is 6.17 Å². The van der Waals surface area contributed by atoms with Crippen LogP contribution in [-0.2, 0) is 6.42 Å². The van der Waals surface area contributed by atoms with Crippen LogP contribution in [0.15, 0.2) is 54.6 Å². The maximum atomic E-state index is 6.05. The Morgan fingerprint density at radius 2 is 1.69 bits per heavy atom. The van der Waals surface area contributed by atoms with Gasteiger partial charge in [-0.1, -0.05) is 60.5 Å². The lowest BCUT2D eigenvalue weighted by Gasteiger charge is -2.33. The molecule has 0 bridgehead atoms. The lowest BCUT2D eigenvalue weighted by Crippen LogP contribution is -2.42. The maximum absolute atomic E-state index is 6.05. The van der Waals surface area contributed by atoms with E-state index in [2.05, 4.69) is 27.3 Å². The monoisotopic (exact) mass is 407 g/mol. The van der Waals surface area contributed by atoms with E-state index < -0.39 is 0 Å². The van der Waals surface area contributed by atoms with Gasteiger partial charge in [0.05, 0.1) is 11.9 Å². The van der Waals surface area contributed by atoms with E-state index in [0.717, 1.165) is 40.8 Å². The minimum Gasteiger partial charge on any atom is -0.352 e. The molecule has 4 rings (SSSR count). The van der Waals surface area contributed by atoms with Gasteiger partial charge in [0, 0.05) is 30.1 Å². The van der Waals surface area contributed by atoms with Gasteiger partial charge in [-0.2, -0.15) is 0 Å². The summed E-state index contributed by atoms with van der Waals surface area (Å²) < 4.78 is 0. The number of hydrogen-bond donors (Lipinski definition) is 1. The zero-order valence-corrected chi connectivity index (χ0v) is 17.4. The molecule has 0 aliphatic carbocycles. The average molecular weight is 408 g/mol. The number of benzene rings is 2. The molecule has 1 aromatic heterocycles. The number of anilines is 1. The van der Waals surface area contributed by atoms with Gasteiger partial charge in [-0.15, -0.1) is 10.2 Å². The SMILES string of the molecule is CC(Nc1nnc(-c2ccccc2)nc1Cc1ccc(Cl)cc1)N1CCCCC1. The van der Waals surface area contributed by atoms with Gasteiger partial charge in [0.1, 0.15) is 0 Å². The summed E-state index contributed by atoms with van der Waals surface area (Å²) in [5.41, 5.74) is 3.00. The van der Waals surface area contributed by atoms with Crippen LogP contribution in [0.25, 0.3) is 11.4 Å². The molecule has 5 nitrogen and oxygen atoms in total. The molecular weight excluding hydrogens is 382 g/mol. The van der Waals surface area contributed by atoms with Crippen LogP contribution < -0.4 is 5.32 Å². The summed E-state index contributed by atoms with van der Waals surface area (Å²) in [6.45, 7) is 4.41. The number of hydrogen-bond acceptors (Lipinski definition) is 5. The molecule has 150 valence electrons. The van der Waals surface area contributed by atoms with Gasteiger partial charge in [0.2, 0.25) is 0 Å². The topological polar surface area (TPSA) is 53.9 Å². The van der Waals surface area contributed by atoms with E-state index in [0.29, 0.717) is 12.2 Å². The summed E-state index contributed by atoms with van der Waals surface area (Å²) in [5.74, 6) is 1.39. The van der Waals surface area contributed by atoms with Gasteiger partial charge >= 0.3 is 0 Å². The molecule has 2 aromatic carbocycles. The molecule has 1 aliphatic rings. The fraction of sp³-hybridized carbons (Fsp3) is 0.348. The first-order valence-corrected chi connectivity index (χ1v) is 10.6. The van der Waals surface area contributed by atoms with Crippen LogP contribution in [0.3, 0.4) is 0 Å². The van der Waals surface area contributed by atoms with E-state index >= 15 is 0 Å². The Hall–Kier alpha value is -2.50. The summed E-state index contributed by atoms with van der Waals surface area (Å²) in [6.07, 6.45) is 4.68. The van der Waals surface area contributed by atoms with Gasteiger partial charge in [-0.3, -0.25) is 4.90 Å². The third kappa shape index (κ3) is 5.11. The van der Waals surface area contributed by atoms with Crippen molar-refractivity contribution in [2.24, 2.45) is 0 Å². The molecule has 1 N–H and O–H groups in total. The Morgan fingerprint density at radius 1 is 0.966 bits per heavy atom. The summed E-state index contributed by atoms with van der Waals surface area (Å²) in [5, 5.41) is 13.2. The molecule has 0 spiro atoms. The molecule has 1 saturated heterocycles. The van der Waals surface area contributed by atoms with Crippen LogP contribution in [0.1, 0.15) is 37.4 Å². The quantitative estimate of drug-likeness (QED) is 0.621. The van der Waals surface area contributed by atoms with Crippen molar-refractivity contribution in [1.29, 1.82) is 0 Å². The second-order valence-electron chi connectivity index (χ2n) is 7.52. The summed E-state index contributed by atoms with van der Waals surface area (Å²) >= 11 is 6.05. The van der Waals surface area contributed by atoms with Crippen molar-refractivity contribution >= 4 is 17.4 Å². The van der Waals surface area contributed by atoms with Crippen LogP contribution >= 0.6 is 11.6 Å². The lowest BCUT2D eigenvalue weighted by molar-refractivity contribution is 0.189. The van der Waals surface area contributed by atoms with E-state index in [1.54, 1.807) is 0 Å². The highest BCUT2D eigenvalue weighted by Crippen LogP contribution is 2.22. The van der Waals surface area contributed by atoms with Gasteiger partial charge in [0.15, 0.2) is 11.6 Å². The minimum atomic E-state index is 0.193. The maximum Gasteiger partial charge on any atom is 0.182 e. The molecule has 29 heavy (non-hydrogen) atoms. The number of nitrogens with zero attached hydrogens (tertiary/aromatic N) is 4. The molecule has 0 saturated carbocycles. The number of nitrogens with one attached hydrogen (secondary N) is 1. The van der Waals surface area contributed by atoms with Crippen molar-refractivity contribution in [3.05, 3.63) is 70.9 Å². The fourth-order valence-corrected chi connectivity index (χ4v) is 3.82. The van der Waals surface area contributed by atoms with Gasteiger partial charge in [0.25, 0.3) is 0 Å². The molecule has 0 radical (unpaired) electrons. The van der Waals surface area contributed by atoms with Gasteiger partial charge < -0.3 is 5.32 Å². The highest BCUT2D eigenvalue weighted by molar-refractivity contribution is 6.30. The second kappa shape index (κ2) is 9.33. The van der Waals surface area contributed by atoms with Crippen molar-refractivity contribution in [1.82, 2.24) is 20.1 Å². The Kier molecular flexibility index (Phi) is 6.37. The van der Waals surface area contributed by atoms with E-state index in [1.165, 1.54) is 19.3 Å². The Morgan fingerprint density at radius 3 is 2.41 bits per heavy atom. The van der Waals surface area contributed by atoms with Crippen molar-refractivity contribution in [3.8, 4) is 11.4 Å². The first kappa shape index (κ1) is 19.8. The highest BCUT2D eigenvalue weighted by atomic mass is 35.5. The standard InChI is InChI=1S/C23H26ClN5/c1-17(29-14-6-3-7-15-29)25-23-21(16-18-10-12-20(24)13-11-18)26-22(27-28-23)19-8-4-2-5-9-19/h2,4-5,8-13,17H,3,6-7,14-16H2,1H3,(H,25,28). The zero-order chi connectivity index (χ0) is 20.1. The normalized spacial score (nSPS) is 15.8. The lowest BCUT2D eigenvalue weighted by atomic mass is 10.1. The predicted octanol–water partition coefficient (Wildman–Crippen LogP) is 5.03. The van der Waals surface area contributed by atoms with Crippen molar-refractivity contribution < 1.29 is 0 Å². The number of likely N-dealkylation sites (tertiary alicyclic amines) is 1. The van der Waals surface area contributed by atoms with E-state index in [9.17, 15) is 0 Å². The smallest absolute Gasteiger partial charge is 0.182 e. The van der Waals surface area contributed by atoms with Crippen LogP contribution in [0, 0.1) is 0 Å². The molecule has 0 amide bonds. The Labute approximate surface area is 177 Å². The first-order valence-electron chi connectivity index (χ1n) is 10.2. The Bertz CT molecular complexity index is 924. The summed E-state index contributed by atoms with van der Waals surface area (Å²) in [6, 6.07) is 17.9. The van der Waals surface area contributed by atoms with Crippen molar-refractivity contribution in [2.75, 3.05) is 18.4 Å². The molecule has 1 fully saturated rings. The summed E-state index contributed by atoms with van der Waals surface area (Å²) in [4.78, 5) is 7.33. The van der Waals surface area contributed by atoms with Gasteiger partial charge in [-0.25, -0.2) is 4.98 Å². The third-order valence-electron chi connectivity index (χ3n) is 5.36.